The van der Waals surface area contributed by atoms with Crippen molar-refractivity contribution in [1.29, 1.82) is 0 Å². The lowest BCUT2D eigenvalue weighted by Crippen LogP contribution is -1.91. The third-order valence-electron chi connectivity index (χ3n) is 2.27. The first kappa shape index (κ1) is 8.81. The first-order chi connectivity index (χ1) is 6.72. The first-order valence-electron chi connectivity index (χ1n) is 4.22. The van der Waals surface area contributed by atoms with Crippen molar-refractivity contribution in [2.24, 2.45) is 0 Å². The minimum Gasteiger partial charge on any atom is -0.298 e. The normalized spacial score (nSPS) is 10.4. The SMILES string of the molecule is Cc1c(C=O)cnc2ccc(F)cc12. The van der Waals surface area contributed by atoms with E-state index in [-0.39, 0.29) is 5.82 Å². The molecule has 14 heavy (non-hydrogen) atoms. The van der Waals surface area contributed by atoms with Crippen LogP contribution >= 0.6 is 0 Å². The van der Waals surface area contributed by atoms with E-state index in [2.05, 4.69) is 4.98 Å². The zero-order chi connectivity index (χ0) is 10.1. The Hall–Kier alpha value is -1.77. The van der Waals surface area contributed by atoms with Crippen molar-refractivity contribution in [2.45, 2.75) is 6.92 Å². The molecule has 0 aliphatic rings. The van der Waals surface area contributed by atoms with Gasteiger partial charge < -0.3 is 0 Å². The summed E-state index contributed by atoms with van der Waals surface area (Å²) >= 11 is 0. The van der Waals surface area contributed by atoms with Crippen LogP contribution in [0.1, 0.15) is 15.9 Å². The number of nitrogens with zero attached hydrogens (tertiary/aromatic N) is 1. The number of carbonyl (C=O) groups is 1. The van der Waals surface area contributed by atoms with Crippen LogP contribution in [0.15, 0.2) is 24.4 Å². The topological polar surface area (TPSA) is 30.0 Å². The number of rotatable bonds is 1. The van der Waals surface area contributed by atoms with E-state index < -0.39 is 0 Å². The molecule has 0 amide bonds. The van der Waals surface area contributed by atoms with Crippen LogP contribution in [0, 0.1) is 12.7 Å². The second kappa shape index (κ2) is 3.18. The van der Waals surface area contributed by atoms with Crippen molar-refractivity contribution in [3.63, 3.8) is 0 Å². The summed E-state index contributed by atoms with van der Waals surface area (Å²) in [7, 11) is 0. The fourth-order valence-corrected chi connectivity index (χ4v) is 1.43. The lowest BCUT2D eigenvalue weighted by atomic mass is 10.1. The summed E-state index contributed by atoms with van der Waals surface area (Å²) in [5, 5.41) is 0.689. The Morgan fingerprint density at radius 1 is 1.43 bits per heavy atom. The third-order valence-corrected chi connectivity index (χ3v) is 2.27. The fraction of sp³-hybridized carbons (Fsp3) is 0.0909. The van der Waals surface area contributed by atoms with Crippen LogP contribution in [0.5, 0.6) is 0 Å². The molecule has 0 saturated heterocycles. The van der Waals surface area contributed by atoms with Crippen LogP contribution in [-0.4, -0.2) is 11.3 Å². The number of aldehydes is 1. The maximum absolute atomic E-state index is 12.9. The van der Waals surface area contributed by atoms with Gasteiger partial charge in [0, 0.05) is 17.1 Å². The standard InChI is InChI=1S/C11H8FNO/c1-7-8(6-14)5-13-11-3-2-9(12)4-10(7)11/h2-6H,1H3. The van der Waals surface area contributed by atoms with E-state index in [9.17, 15) is 9.18 Å². The number of carbonyl (C=O) groups excluding carboxylic acids is 1. The summed E-state index contributed by atoms with van der Waals surface area (Å²) in [6.45, 7) is 1.78. The predicted octanol–water partition coefficient (Wildman–Crippen LogP) is 2.49. The van der Waals surface area contributed by atoms with Gasteiger partial charge >= 0.3 is 0 Å². The lowest BCUT2D eigenvalue weighted by Gasteiger charge is -2.03. The highest BCUT2D eigenvalue weighted by Gasteiger charge is 2.04. The second-order valence-corrected chi connectivity index (χ2v) is 3.12. The van der Waals surface area contributed by atoms with Gasteiger partial charge in [-0.25, -0.2) is 4.39 Å². The van der Waals surface area contributed by atoms with Crippen molar-refractivity contribution in [3.05, 3.63) is 41.3 Å². The molecule has 0 aliphatic heterocycles. The Balaban J connectivity index is 2.86. The summed E-state index contributed by atoms with van der Waals surface area (Å²) < 4.78 is 12.9. The Bertz CT molecular complexity index is 508. The molecule has 70 valence electrons. The highest BCUT2D eigenvalue weighted by Crippen LogP contribution is 2.19. The van der Waals surface area contributed by atoms with E-state index in [0.717, 1.165) is 11.8 Å². The number of fused-ring (bicyclic) bond motifs is 1. The maximum atomic E-state index is 12.9. The Labute approximate surface area is 80.4 Å². The largest absolute Gasteiger partial charge is 0.298 e. The Kier molecular flexibility index (Phi) is 2.00. The number of benzene rings is 1. The van der Waals surface area contributed by atoms with E-state index in [1.54, 1.807) is 13.0 Å². The van der Waals surface area contributed by atoms with E-state index >= 15 is 0 Å². The summed E-state index contributed by atoms with van der Waals surface area (Å²) in [6, 6.07) is 4.35. The molecule has 2 rings (SSSR count). The monoisotopic (exact) mass is 189 g/mol. The van der Waals surface area contributed by atoms with Gasteiger partial charge in [-0.2, -0.15) is 0 Å². The lowest BCUT2D eigenvalue weighted by molar-refractivity contribution is 0.112. The molecular formula is C11H8FNO. The second-order valence-electron chi connectivity index (χ2n) is 3.12. The van der Waals surface area contributed by atoms with Crippen LogP contribution in [0.25, 0.3) is 10.9 Å². The van der Waals surface area contributed by atoms with E-state index in [0.29, 0.717) is 16.5 Å². The molecule has 1 aromatic carbocycles. The predicted molar refractivity (Wildman–Crippen MR) is 51.8 cm³/mol. The summed E-state index contributed by atoms with van der Waals surface area (Å²) in [6.07, 6.45) is 2.23. The molecule has 0 bridgehead atoms. The summed E-state index contributed by atoms with van der Waals surface area (Å²) in [5.41, 5.74) is 1.97. The molecule has 0 spiro atoms. The van der Waals surface area contributed by atoms with Crippen LogP contribution < -0.4 is 0 Å². The van der Waals surface area contributed by atoms with Crippen molar-refractivity contribution in [1.82, 2.24) is 4.98 Å². The molecule has 0 saturated carbocycles. The molecule has 0 atom stereocenters. The van der Waals surface area contributed by atoms with Gasteiger partial charge in [0.15, 0.2) is 6.29 Å². The first-order valence-corrected chi connectivity index (χ1v) is 4.22. The van der Waals surface area contributed by atoms with Gasteiger partial charge in [-0.3, -0.25) is 9.78 Å². The molecule has 2 aromatic rings. The average Bonchev–Trinajstić information content (AvgIpc) is 2.20. The Morgan fingerprint density at radius 2 is 2.21 bits per heavy atom. The van der Waals surface area contributed by atoms with Crippen LogP contribution in [0.4, 0.5) is 4.39 Å². The third kappa shape index (κ3) is 1.27. The fourth-order valence-electron chi connectivity index (χ4n) is 1.43. The van der Waals surface area contributed by atoms with Gasteiger partial charge in [0.05, 0.1) is 5.52 Å². The smallest absolute Gasteiger partial charge is 0.151 e. The molecular weight excluding hydrogens is 181 g/mol. The van der Waals surface area contributed by atoms with Crippen molar-refractivity contribution >= 4 is 17.2 Å². The van der Waals surface area contributed by atoms with Crippen LogP contribution in [-0.2, 0) is 0 Å². The number of aryl methyl sites for hydroxylation is 1. The molecule has 1 heterocycles. The zero-order valence-electron chi connectivity index (χ0n) is 7.62. The molecule has 3 heteroatoms. The van der Waals surface area contributed by atoms with Crippen LogP contribution in [0.3, 0.4) is 0 Å². The van der Waals surface area contributed by atoms with E-state index in [4.69, 9.17) is 0 Å². The number of hydrogen-bond acceptors (Lipinski definition) is 2. The molecule has 0 aliphatic carbocycles. The molecule has 0 unspecified atom stereocenters. The highest BCUT2D eigenvalue weighted by molar-refractivity contribution is 5.89. The van der Waals surface area contributed by atoms with Gasteiger partial charge in [-0.15, -0.1) is 0 Å². The van der Waals surface area contributed by atoms with Crippen molar-refractivity contribution in [2.75, 3.05) is 0 Å². The number of hydrogen-bond donors (Lipinski definition) is 0. The molecule has 0 fully saturated rings. The highest BCUT2D eigenvalue weighted by atomic mass is 19.1. The number of halogens is 1. The van der Waals surface area contributed by atoms with Crippen molar-refractivity contribution < 1.29 is 9.18 Å². The van der Waals surface area contributed by atoms with Crippen molar-refractivity contribution in [3.8, 4) is 0 Å². The average molecular weight is 189 g/mol. The van der Waals surface area contributed by atoms with Gasteiger partial charge in [0.1, 0.15) is 5.82 Å². The van der Waals surface area contributed by atoms with Gasteiger partial charge in [0.25, 0.3) is 0 Å². The quantitative estimate of drug-likeness (QED) is 0.645. The van der Waals surface area contributed by atoms with Crippen LogP contribution in [0.2, 0.25) is 0 Å². The number of pyridine rings is 1. The van der Waals surface area contributed by atoms with Gasteiger partial charge in [-0.05, 0) is 30.7 Å². The molecule has 0 radical (unpaired) electrons. The van der Waals surface area contributed by atoms with Gasteiger partial charge in [0.2, 0.25) is 0 Å². The minimum absolute atomic E-state index is 0.314. The zero-order valence-corrected chi connectivity index (χ0v) is 7.62. The molecule has 1 aromatic heterocycles. The molecule has 0 N–H and O–H groups in total. The Morgan fingerprint density at radius 3 is 2.93 bits per heavy atom. The minimum atomic E-state index is -0.314. The number of aromatic nitrogens is 1. The van der Waals surface area contributed by atoms with E-state index in [1.165, 1.54) is 18.3 Å². The summed E-state index contributed by atoms with van der Waals surface area (Å²) in [5.74, 6) is -0.314. The van der Waals surface area contributed by atoms with E-state index in [1.807, 2.05) is 0 Å². The molecule has 2 nitrogen and oxygen atoms in total. The van der Waals surface area contributed by atoms with Gasteiger partial charge in [-0.1, -0.05) is 0 Å². The maximum Gasteiger partial charge on any atom is 0.151 e. The summed E-state index contributed by atoms with van der Waals surface area (Å²) in [4.78, 5) is 14.7.